The first-order chi connectivity index (χ1) is 7.24. The summed E-state index contributed by atoms with van der Waals surface area (Å²) >= 11 is 0. The van der Waals surface area contributed by atoms with Crippen molar-refractivity contribution in [2.75, 3.05) is 7.11 Å². The van der Waals surface area contributed by atoms with Gasteiger partial charge in [0.25, 0.3) is 0 Å². The molecule has 2 aromatic rings. The van der Waals surface area contributed by atoms with Crippen molar-refractivity contribution >= 4 is 29.0 Å². The summed E-state index contributed by atoms with van der Waals surface area (Å²) in [6.07, 6.45) is 0. The predicted octanol–water partition coefficient (Wildman–Crippen LogP) is 2.55. The van der Waals surface area contributed by atoms with Crippen LogP contribution < -0.4 is 10.5 Å². The molecule has 84 valence electrons. The van der Waals surface area contributed by atoms with Gasteiger partial charge in [-0.25, -0.2) is 0 Å². The number of methoxy groups -OCH3 is 1. The van der Waals surface area contributed by atoms with E-state index in [1.165, 1.54) is 0 Å². The summed E-state index contributed by atoms with van der Waals surface area (Å²) in [6.45, 7) is 0. The molecule has 4 heteroatoms. The fraction of sp³-hybridized carbons (Fsp3) is 0.0833. The zero-order valence-corrected chi connectivity index (χ0v) is 9.67. The van der Waals surface area contributed by atoms with Gasteiger partial charge in [-0.1, -0.05) is 30.3 Å². The van der Waals surface area contributed by atoms with E-state index in [1.54, 1.807) is 7.11 Å². The van der Waals surface area contributed by atoms with E-state index in [0.29, 0.717) is 11.3 Å². The first-order valence-corrected chi connectivity index (χ1v) is 4.64. The highest BCUT2D eigenvalue weighted by Crippen LogP contribution is 2.27. The number of fused-ring (bicyclic) bond motifs is 1. The van der Waals surface area contributed by atoms with Crippen LogP contribution >= 0.6 is 12.4 Å². The van der Waals surface area contributed by atoms with Gasteiger partial charge in [-0.3, -0.25) is 5.41 Å². The molecule has 0 aliphatic rings. The minimum absolute atomic E-state index is 0. The van der Waals surface area contributed by atoms with E-state index in [9.17, 15) is 0 Å². The van der Waals surface area contributed by atoms with Crippen LogP contribution in [0.25, 0.3) is 10.8 Å². The highest BCUT2D eigenvalue weighted by molar-refractivity contribution is 6.09. The molecule has 0 unspecified atom stereocenters. The summed E-state index contributed by atoms with van der Waals surface area (Å²) in [5, 5.41) is 9.57. The molecule has 0 saturated heterocycles. The van der Waals surface area contributed by atoms with Crippen LogP contribution in [-0.2, 0) is 0 Å². The normalized spacial score (nSPS) is 9.56. The Morgan fingerprint density at radius 1 is 1.19 bits per heavy atom. The lowest BCUT2D eigenvalue weighted by atomic mass is 10.0. The molecule has 0 aromatic heterocycles. The van der Waals surface area contributed by atoms with Crippen LogP contribution in [0.2, 0.25) is 0 Å². The minimum Gasteiger partial charge on any atom is -0.496 e. The second-order valence-corrected chi connectivity index (χ2v) is 3.28. The van der Waals surface area contributed by atoms with Crippen LogP contribution in [-0.4, -0.2) is 12.9 Å². The highest BCUT2D eigenvalue weighted by atomic mass is 35.5. The number of nitrogen functional groups attached to an aromatic ring is 1. The molecule has 0 fully saturated rings. The second kappa shape index (κ2) is 4.86. The van der Waals surface area contributed by atoms with Gasteiger partial charge < -0.3 is 10.5 Å². The number of hydrogen-bond acceptors (Lipinski definition) is 2. The Morgan fingerprint density at radius 2 is 1.88 bits per heavy atom. The molecule has 3 N–H and O–H groups in total. The lowest BCUT2D eigenvalue weighted by Crippen LogP contribution is -2.13. The molecule has 0 atom stereocenters. The molecule has 0 amide bonds. The Morgan fingerprint density at radius 3 is 2.50 bits per heavy atom. The van der Waals surface area contributed by atoms with Gasteiger partial charge in [0.05, 0.1) is 12.7 Å². The van der Waals surface area contributed by atoms with Crippen molar-refractivity contribution in [1.82, 2.24) is 0 Å². The Bertz CT molecular complexity index is 525. The van der Waals surface area contributed by atoms with E-state index in [2.05, 4.69) is 0 Å². The number of amidine groups is 1. The van der Waals surface area contributed by atoms with Crippen molar-refractivity contribution in [3.8, 4) is 5.75 Å². The van der Waals surface area contributed by atoms with Gasteiger partial charge in [-0.15, -0.1) is 12.4 Å². The second-order valence-electron chi connectivity index (χ2n) is 3.28. The molecule has 0 heterocycles. The lowest BCUT2D eigenvalue weighted by molar-refractivity contribution is 0.414. The number of nitrogens with one attached hydrogen (secondary N) is 1. The molecular weight excluding hydrogens is 224 g/mol. The molecule has 2 rings (SSSR count). The number of benzene rings is 2. The number of hydrogen-bond donors (Lipinski definition) is 2. The number of halogens is 1. The number of ether oxygens (including phenoxy) is 1. The smallest absolute Gasteiger partial charge is 0.130 e. The Labute approximate surface area is 100 Å². The molecule has 16 heavy (non-hydrogen) atoms. The van der Waals surface area contributed by atoms with Crippen molar-refractivity contribution in [2.45, 2.75) is 0 Å². The average Bonchev–Trinajstić information content (AvgIpc) is 2.27. The van der Waals surface area contributed by atoms with Gasteiger partial charge >= 0.3 is 0 Å². The van der Waals surface area contributed by atoms with Crippen molar-refractivity contribution in [3.05, 3.63) is 42.0 Å². The quantitative estimate of drug-likeness (QED) is 0.622. The van der Waals surface area contributed by atoms with Gasteiger partial charge in [-0.2, -0.15) is 0 Å². The monoisotopic (exact) mass is 236 g/mol. The van der Waals surface area contributed by atoms with Crippen molar-refractivity contribution in [1.29, 1.82) is 5.41 Å². The van der Waals surface area contributed by atoms with Crippen LogP contribution in [0.5, 0.6) is 5.75 Å². The largest absolute Gasteiger partial charge is 0.496 e. The maximum absolute atomic E-state index is 7.56. The first kappa shape index (κ1) is 12.3. The van der Waals surface area contributed by atoms with E-state index < -0.39 is 0 Å². The molecule has 0 aliphatic carbocycles. The summed E-state index contributed by atoms with van der Waals surface area (Å²) in [5.41, 5.74) is 6.22. The van der Waals surface area contributed by atoms with Crippen molar-refractivity contribution in [2.24, 2.45) is 5.73 Å². The Balaban J connectivity index is 0.00000128. The fourth-order valence-electron chi connectivity index (χ4n) is 1.70. The van der Waals surface area contributed by atoms with E-state index in [4.69, 9.17) is 15.9 Å². The first-order valence-electron chi connectivity index (χ1n) is 4.64. The standard InChI is InChI=1S/C12H12N2O.ClH/c1-15-10-7-6-8-4-2-3-5-9(8)11(10)12(13)14;/h2-7H,1H3,(H3,13,14);1H. The zero-order chi connectivity index (χ0) is 10.8. The van der Waals surface area contributed by atoms with Gasteiger partial charge in [-0.05, 0) is 16.8 Å². The predicted molar refractivity (Wildman–Crippen MR) is 68.8 cm³/mol. The van der Waals surface area contributed by atoms with Crippen molar-refractivity contribution < 1.29 is 4.74 Å². The third kappa shape index (κ3) is 1.95. The molecular formula is C12H13ClN2O. The molecule has 0 bridgehead atoms. The van der Waals surface area contributed by atoms with Crippen LogP contribution in [0.15, 0.2) is 36.4 Å². The Hall–Kier alpha value is -1.74. The summed E-state index contributed by atoms with van der Waals surface area (Å²) in [7, 11) is 1.58. The van der Waals surface area contributed by atoms with E-state index in [0.717, 1.165) is 10.8 Å². The maximum Gasteiger partial charge on any atom is 0.130 e. The summed E-state index contributed by atoms with van der Waals surface area (Å²) < 4.78 is 5.19. The number of nitrogens with two attached hydrogens (primary N) is 1. The van der Waals surface area contributed by atoms with Gasteiger partial charge in [0.1, 0.15) is 11.6 Å². The van der Waals surface area contributed by atoms with Crippen LogP contribution in [0.1, 0.15) is 5.56 Å². The van der Waals surface area contributed by atoms with Crippen molar-refractivity contribution in [3.63, 3.8) is 0 Å². The lowest BCUT2D eigenvalue weighted by Gasteiger charge is -2.10. The van der Waals surface area contributed by atoms with Gasteiger partial charge in [0.2, 0.25) is 0 Å². The molecule has 2 aromatic carbocycles. The molecule has 0 radical (unpaired) electrons. The maximum atomic E-state index is 7.56. The minimum atomic E-state index is 0. The number of rotatable bonds is 2. The SMILES string of the molecule is COc1ccc2ccccc2c1C(=N)N.Cl. The molecule has 0 spiro atoms. The topological polar surface area (TPSA) is 59.1 Å². The van der Waals surface area contributed by atoms with Crippen LogP contribution in [0, 0.1) is 5.41 Å². The Kier molecular flexibility index (Phi) is 3.74. The molecule has 3 nitrogen and oxygen atoms in total. The third-order valence-electron chi connectivity index (χ3n) is 2.38. The average molecular weight is 237 g/mol. The third-order valence-corrected chi connectivity index (χ3v) is 2.38. The molecule has 0 aliphatic heterocycles. The van der Waals surface area contributed by atoms with Gasteiger partial charge in [0, 0.05) is 0 Å². The van der Waals surface area contributed by atoms with Gasteiger partial charge in [0.15, 0.2) is 0 Å². The molecule has 0 saturated carbocycles. The zero-order valence-electron chi connectivity index (χ0n) is 8.86. The van der Waals surface area contributed by atoms with E-state index in [1.807, 2.05) is 36.4 Å². The van der Waals surface area contributed by atoms with E-state index >= 15 is 0 Å². The van der Waals surface area contributed by atoms with Crippen LogP contribution in [0.4, 0.5) is 0 Å². The highest BCUT2D eigenvalue weighted by Gasteiger charge is 2.09. The van der Waals surface area contributed by atoms with Crippen LogP contribution in [0.3, 0.4) is 0 Å². The summed E-state index contributed by atoms with van der Waals surface area (Å²) in [6, 6.07) is 11.6. The van der Waals surface area contributed by atoms with E-state index in [-0.39, 0.29) is 18.2 Å². The summed E-state index contributed by atoms with van der Waals surface area (Å²) in [5.74, 6) is 0.671. The fourth-order valence-corrected chi connectivity index (χ4v) is 1.70. The summed E-state index contributed by atoms with van der Waals surface area (Å²) in [4.78, 5) is 0.